The van der Waals surface area contributed by atoms with Gasteiger partial charge in [0.05, 0.1) is 17.3 Å². The van der Waals surface area contributed by atoms with E-state index in [0.29, 0.717) is 32.0 Å². The van der Waals surface area contributed by atoms with Crippen LogP contribution in [0.3, 0.4) is 0 Å². The molecule has 0 amide bonds. The highest BCUT2D eigenvalue weighted by Crippen LogP contribution is 2.29. The van der Waals surface area contributed by atoms with Gasteiger partial charge in [0.1, 0.15) is 5.69 Å². The number of carbonyl (C=O) groups excluding carboxylic acids is 1. The van der Waals surface area contributed by atoms with Crippen molar-refractivity contribution in [2.24, 2.45) is 4.99 Å². The second-order valence-corrected chi connectivity index (χ2v) is 6.46. The molecule has 1 heterocycles. The third-order valence-corrected chi connectivity index (χ3v) is 4.30. The SMILES string of the molecule is CCOC(=O)c1[nH]c2ccc(Cl)cc2c1C=Nc1ccc(Cl)cc1Cl. The standard InChI is InChI=1S/C18H13Cl3N2O2/c1-2-25-18(24)17-13(12-7-10(19)3-5-15(12)23-17)9-22-16-6-4-11(20)8-14(16)21/h3-9,23H,2H2,1H3. The van der Waals surface area contributed by atoms with Gasteiger partial charge in [-0.1, -0.05) is 34.8 Å². The molecule has 0 saturated heterocycles. The van der Waals surface area contributed by atoms with Crippen LogP contribution in [0.25, 0.3) is 10.9 Å². The zero-order valence-electron chi connectivity index (χ0n) is 13.1. The van der Waals surface area contributed by atoms with Crippen molar-refractivity contribution in [1.29, 1.82) is 0 Å². The predicted molar refractivity (Wildman–Crippen MR) is 103 cm³/mol. The fraction of sp³-hybridized carbons (Fsp3) is 0.111. The van der Waals surface area contributed by atoms with Crippen molar-refractivity contribution >= 4 is 63.6 Å². The lowest BCUT2D eigenvalue weighted by Gasteiger charge is -2.02. The molecule has 128 valence electrons. The van der Waals surface area contributed by atoms with Crippen molar-refractivity contribution < 1.29 is 9.53 Å². The number of benzene rings is 2. The maximum atomic E-state index is 12.3. The van der Waals surface area contributed by atoms with Crippen molar-refractivity contribution in [3.63, 3.8) is 0 Å². The number of H-pyrrole nitrogens is 1. The summed E-state index contributed by atoms with van der Waals surface area (Å²) in [6.07, 6.45) is 1.57. The first-order valence-corrected chi connectivity index (χ1v) is 8.60. The van der Waals surface area contributed by atoms with Crippen LogP contribution in [0, 0.1) is 0 Å². The van der Waals surface area contributed by atoms with Crippen molar-refractivity contribution in [2.45, 2.75) is 6.92 Å². The molecule has 0 aliphatic rings. The molecule has 1 aromatic heterocycles. The van der Waals surface area contributed by atoms with Gasteiger partial charge in [0.2, 0.25) is 0 Å². The molecular weight excluding hydrogens is 383 g/mol. The van der Waals surface area contributed by atoms with E-state index >= 15 is 0 Å². The minimum absolute atomic E-state index is 0.272. The molecule has 0 bridgehead atoms. The third kappa shape index (κ3) is 3.82. The summed E-state index contributed by atoms with van der Waals surface area (Å²) in [7, 11) is 0. The predicted octanol–water partition coefficient (Wildman–Crippen LogP) is 6.06. The van der Waals surface area contributed by atoms with Crippen LogP contribution in [-0.2, 0) is 4.74 Å². The van der Waals surface area contributed by atoms with Crippen LogP contribution in [0.15, 0.2) is 41.4 Å². The molecule has 0 saturated carbocycles. The Kier molecular flexibility index (Phi) is 5.33. The fourth-order valence-electron chi connectivity index (χ4n) is 2.40. The summed E-state index contributed by atoms with van der Waals surface area (Å²) >= 11 is 18.1. The Balaban J connectivity index is 2.12. The molecule has 3 aromatic rings. The highest BCUT2D eigenvalue weighted by atomic mass is 35.5. The van der Waals surface area contributed by atoms with E-state index in [9.17, 15) is 4.79 Å². The number of aromatic amines is 1. The lowest BCUT2D eigenvalue weighted by Crippen LogP contribution is -2.07. The van der Waals surface area contributed by atoms with Crippen molar-refractivity contribution in [3.05, 3.63) is 62.7 Å². The molecule has 0 atom stereocenters. The number of fused-ring (bicyclic) bond motifs is 1. The Morgan fingerprint density at radius 1 is 1.16 bits per heavy atom. The van der Waals surface area contributed by atoms with Crippen LogP contribution < -0.4 is 0 Å². The van der Waals surface area contributed by atoms with Gasteiger partial charge in [0.25, 0.3) is 0 Å². The van der Waals surface area contributed by atoms with Gasteiger partial charge in [-0.05, 0) is 43.3 Å². The van der Waals surface area contributed by atoms with Crippen LogP contribution in [0.2, 0.25) is 15.1 Å². The van der Waals surface area contributed by atoms with E-state index in [0.717, 1.165) is 10.9 Å². The Labute approximate surface area is 159 Å². The summed E-state index contributed by atoms with van der Waals surface area (Å²) in [5, 5.41) is 2.26. The first-order chi connectivity index (χ1) is 12.0. The fourth-order valence-corrected chi connectivity index (χ4v) is 3.03. The number of carbonyl (C=O) groups is 1. The van der Waals surface area contributed by atoms with E-state index in [1.54, 1.807) is 49.5 Å². The average Bonchev–Trinajstić information content (AvgIpc) is 2.92. The minimum Gasteiger partial charge on any atom is -0.461 e. The summed E-state index contributed by atoms with van der Waals surface area (Å²) in [5.41, 5.74) is 2.20. The van der Waals surface area contributed by atoms with Gasteiger partial charge in [-0.25, -0.2) is 4.79 Å². The first kappa shape index (κ1) is 17.8. The Morgan fingerprint density at radius 3 is 2.60 bits per heavy atom. The van der Waals surface area contributed by atoms with Crippen LogP contribution in [-0.4, -0.2) is 23.8 Å². The Hall–Kier alpha value is -2.01. The van der Waals surface area contributed by atoms with Crippen molar-refractivity contribution in [1.82, 2.24) is 4.98 Å². The molecule has 2 aromatic carbocycles. The van der Waals surface area contributed by atoms with E-state index < -0.39 is 5.97 Å². The molecule has 7 heteroatoms. The Bertz CT molecular complexity index is 980. The maximum Gasteiger partial charge on any atom is 0.355 e. The quantitative estimate of drug-likeness (QED) is 0.431. The molecule has 0 unspecified atom stereocenters. The van der Waals surface area contributed by atoms with E-state index in [4.69, 9.17) is 39.5 Å². The topological polar surface area (TPSA) is 54.5 Å². The Morgan fingerprint density at radius 2 is 1.88 bits per heavy atom. The summed E-state index contributed by atoms with van der Waals surface area (Å²) < 4.78 is 5.11. The molecule has 0 fully saturated rings. The number of hydrogen-bond donors (Lipinski definition) is 1. The second kappa shape index (κ2) is 7.48. The number of halogens is 3. The number of nitrogens with zero attached hydrogens (tertiary/aromatic N) is 1. The molecule has 0 aliphatic heterocycles. The smallest absolute Gasteiger partial charge is 0.355 e. The van der Waals surface area contributed by atoms with Gasteiger partial charge in [0, 0.05) is 32.7 Å². The highest BCUT2D eigenvalue weighted by Gasteiger charge is 2.18. The molecule has 3 rings (SSSR count). The monoisotopic (exact) mass is 394 g/mol. The van der Waals surface area contributed by atoms with Crippen molar-refractivity contribution in [2.75, 3.05) is 6.61 Å². The van der Waals surface area contributed by atoms with Crippen molar-refractivity contribution in [3.8, 4) is 0 Å². The number of esters is 1. The van der Waals surface area contributed by atoms with Crippen LogP contribution in [0.1, 0.15) is 23.0 Å². The summed E-state index contributed by atoms with van der Waals surface area (Å²) in [4.78, 5) is 19.7. The number of rotatable bonds is 4. The average molecular weight is 396 g/mol. The zero-order chi connectivity index (χ0) is 18.0. The van der Waals surface area contributed by atoms with Crippen LogP contribution in [0.4, 0.5) is 5.69 Å². The van der Waals surface area contributed by atoms with Gasteiger partial charge in [-0.15, -0.1) is 0 Å². The number of nitrogens with one attached hydrogen (secondary N) is 1. The molecular formula is C18H13Cl3N2O2. The van der Waals surface area contributed by atoms with Gasteiger partial charge >= 0.3 is 5.97 Å². The summed E-state index contributed by atoms with van der Waals surface area (Å²) in [6, 6.07) is 10.3. The van der Waals surface area contributed by atoms with E-state index in [2.05, 4.69) is 9.98 Å². The minimum atomic E-state index is -0.460. The molecule has 0 spiro atoms. The number of aliphatic imine (C=N–C) groups is 1. The van der Waals surface area contributed by atoms with Crippen LogP contribution >= 0.6 is 34.8 Å². The normalized spacial score (nSPS) is 11.4. The molecule has 1 N–H and O–H groups in total. The number of ether oxygens (including phenoxy) is 1. The molecule has 25 heavy (non-hydrogen) atoms. The lowest BCUT2D eigenvalue weighted by molar-refractivity contribution is 0.0520. The molecule has 0 aliphatic carbocycles. The summed E-state index contributed by atoms with van der Waals surface area (Å²) in [5.74, 6) is -0.460. The van der Waals surface area contributed by atoms with Gasteiger partial charge in [0.15, 0.2) is 0 Å². The largest absolute Gasteiger partial charge is 0.461 e. The van der Waals surface area contributed by atoms with Gasteiger partial charge in [-0.3, -0.25) is 4.99 Å². The van der Waals surface area contributed by atoms with Gasteiger partial charge in [-0.2, -0.15) is 0 Å². The highest BCUT2D eigenvalue weighted by molar-refractivity contribution is 6.36. The number of hydrogen-bond acceptors (Lipinski definition) is 3. The first-order valence-electron chi connectivity index (χ1n) is 7.47. The third-order valence-electron chi connectivity index (χ3n) is 3.52. The summed E-state index contributed by atoms with van der Waals surface area (Å²) in [6.45, 7) is 2.02. The van der Waals surface area contributed by atoms with E-state index in [1.165, 1.54) is 0 Å². The van der Waals surface area contributed by atoms with E-state index in [1.807, 2.05) is 0 Å². The lowest BCUT2D eigenvalue weighted by atomic mass is 10.1. The second-order valence-electron chi connectivity index (χ2n) is 5.18. The molecule has 4 nitrogen and oxygen atoms in total. The number of aromatic nitrogens is 1. The van der Waals surface area contributed by atoms with Crippen LogP contribution in [0.5, 0.6) is 0 Å². The van der Waals surface area contributed by atoms with Gasteiger partial charge < -0.3 is 9.72 Å². The maximum absolute atomic E-state index is 12.3. The molecule has 0 radical (unpaired) electrons. The zero-order valence-corrected chi connectivity index (χ0v) is 15.4. The van der Waals surface area contributed by atoms with E-state index in [-0.39, 0.29) is 6.61 Å².